The number of aryl methyl sites for hydroxylation is 1. The third-order valence-electron chi connectivity index (χ3n) is 3.02. The number of halogens is 2. The second-order valence-corrected chi connectivity index (χ2v) is 5.79. The van der Waals surface area contributed by atoms with E-state index in [2.05, 4.69) is 35.1 Å². The van der Waals surface area contributed by atoms with Crippen molar-refractivity contribution in [3.8, 4) is 0 Å². The van der Waals surface area contributed by atoms with Gasteiger partial charge in [0, 0.05) is 11.7 Å². The molecule has 0 amide bonds. The zero-order valence-corrected chi connectivity index (χ0v) is 11.3. The minimum atomic E-state index is -0.184. The molecule has 0 saturated heterocycles. The average molecular weight is 286 g/mol. The van der Waals surface area contributed by atoms with E-state index in [1.165, 1.54) is 5.56 Å². The van der Waals surface area contributed by atoms with Crippen LogP contribution in [-0.4, -0.2) is 6.04 Å². The van der Waals surface area contributed by atoms with Crippen LogP contribution in [0, 0.1) is 11.7 Å². The molecule has 0 aliphatic carbocycles. The zero-order valence-electron chi connectivity index (χ0n) is 9.69. The molecule has 3 heteroatoms. The van der Waals surface area contributed by atoms with Gasteiger partial charge in [0.05, 0.1) is 4.47 Å². The molecular formula is C13H17BrFN. The van der Waals surface area contributed by atoms with Crippen LogP contribution < -0.4 is 5.32 Å². The maximum Gasteiger partial charge on any atom is 0.139 e. The monoisotopic (exact) mass is 285 g/mol. The Bertz CT molecular complexity index is 390. The van der Waals surface area contributed by atoms with Gasteiger partial charge in [0.1, 0.15) is 5.82 Å². The van der Waals surface area contributed by atoms with Gasteiger partial charge < -0.3 is 5.32 Å². The lowest BCUT2D eigenvalue weighted by Crippen LogP contribution is -2.27. The first-order valence-electron chi connectivity index (χ1n) is 5.80. The Hall–Kier alpha value is -0.570. The summed E-state index contributed by atoms with van der Waals surface area (Å²) in [6.07, 6.45) is 3.33. The summed E-state index contributed by atoms with van der Waals surface area (Å²) >= 11 is 3.23. The third kappa shape index (κ3) is 2.57. The van der Waals surface area contributed by atoms with E-state index in [9.17, 15) is 4.39 Å². The first-order chi connectivity index (χ1) is 7.56. The van der Waals surface area contributed by atoms with E-state index in [0.29, 0.717) is 16.4 Å². The van der Waals surface area contributed by atoms with Crippen LogP contribution in [-0.2, 0) is 6.42 Å². The Balaban J connectivity index is 2.17. The lowest BCUT2D eigenvalue weighted by Gasteiger charge is -2.28. The van der Waals surface area contributed by atoms with E-state index < -0.39 is 0 Å². The van der Waals surface area contributed by atoms with E-state index in [-0.39, 0.29) is 5.82 Å². The van der Waals surface area contributed by atoms with Gasteiger partial charge in [-0.3, -0.25) is 0 Å². The summed E-state index contributed by atoms with van der Waals surface area (Å²) in [5, 5.41) is 3.44. The van der Waals surface area contributed by atoms with Crippen LogP contribution in [0.5, 0.6) is 0 Å². The van der Waals surface area contributed by atoms with Crippen molar-refractivity contribution < 1.29 is 4.39 Å². The number of benzene rings is 1. The highest BCUT2D eigenvalue weighted by Crippen LogP contribution is 2.31. The van der Waals surface area contributed by atoms with Gasteiger partial charge in [0.25, 0.3) is 0 Å². The highest BCUT2D eigenvalue weighted by atomic mass is 79.9. The highest BCUT2D eigenvalue weighted by molar-refractivity contribution is 9.10. The number of nitrogens with one attached hydrogen (secondary N) is 1. The maximum absolute atomic E-state index is 13.4. The molecule has 0 spiro atoms. The quantitative estimate of drug-likeness (QED) is 0.851. The minimum Gasteiger partial charge on any atom is -0.382 e. The zero-order chi connectivity index (χ0) is 11.7. The summed E-state index contributed by atoms with van der Waals surface area (Å²) in [5.74, 6) is 0.496. The lowest BCUT2D eigenvalue weighted by molar-refractivity contribution is 0.486. The molecule has 0 radical (unpaired) electrons. The SMILES string of the molecule is CC(C)CC1CCc2cc(Br)c(F)cc2N1. The molecule has 0 bridgehead atoms. The molecule has 0 fully saturated rings. The molecule has 16 heavy (non-hydrogen) atoms. The molecular weight excluding hydrogens is 269 g/mol. The number of hydrogen-bond donors (Lipinski definition) is 1. The fraction of sp³-hybridized carbons (Fsp3) is 0.538. The Kier molecular flexibility index (Phi) is 3.53. The standard InChI is InChI=1S/C13H17BrFN/c1-8(2)5-10-4-3-9-6-11(14)12(15)7-13(9)16-10/h6-8,10,16H,3-5H2,1-2H3. The van der Waals surface area contributed by atoms with Crippen molar-refractivity contribution in [3.05, 3.63) is 28.0 Å². The van der Waals surface area contributed by atoms with Gasteiger partial charge in [-0.15, -0.1) is 0 Å². The summed E-state index contributed by atoms with van der Waals surface area (Å²) in [7, 11) is 0. The normalized spacial score (nSPS) is 19.4. The van der Waals surface area contributed by atoms with Crippen LogP contribution in [0.3, 0.4) is 0 Å². The molecule has 1 aliphatic heterocycles. The van der Waals surface area contributed by atoms with E-state index in [0.717, 1.165) is 24.9 Å². The molecule has 1 aromatic carbocycles. The Morgan fingerprint density at radius 1 is 1.50 bits per heavy atom. The molecule has 1 aliphatic rings. The fourth-order valence-electron chi connectivity index (χ4n) is 2.30. The van der Waals surface area contributed by atoms with Crippen LogP contribution in [0.15, 0.2) is 16.6 Å². The smallest absolute Gasteiger partial charge is 0.139 e. The molecule has 1 heterocycles. The summed E-state index contributed by atoms with van der Waals surface area (Å²) in [6.45, 7) is 4.44. The second kappa shape index (κ2) is 4.74. The highest BCUT2D eigenvalue weighted by Gasteiger charge is 2.19. The van der Waals surface area contributed by atoms with Crippen molar-refractivity contribution >= 4 is 21.6 Å². The Morgan fingerprint density at radius 2 is 2.25 bits per heavy atom. The van der Waals surface area contributed by atoms with Gasteiger partial charge in [-0.05, 0) is 58.8 Å². The second-order valence-electron chi connectivity index (χ2n) is 4.93. The molecule has 1 aromatic rings. The van der Waals surface area contributed by atoms with Crippen molar-refractivity contribution in [2.45, 2.75) is 39.2 Å². The summed E-state index contributed by atoms with van der Waals surface area (Å²) < 4.78 is 14.0. The Morgan fingerprint density at radius 3 is 2.94 bits per heavy atom. The largest absolute Gasteiger partial charge is 0.382 e. The predicted molar refractivity (Wildman–Crippen MR) is 69.3 cm³/mol. The fourth-order valence-corrected chi connectivity index (χ4v) is 2.69. The van der Waals surface area contributed by atoms with E-state index in [4.69, 9.17) is 0 Å². The minimum absolute atomic E-state index is 0.184. The predicted octanol–water partition coefficient (Wildman–Crippen LogP) is 4.36. The van der Waals surface area contributed by atoms with Crippen LogP contribution >= 0.6 is 15.9 Å². The summed E-state index contributed by atoms with van der Waals surface area (Å²) in [5.41, 5.74) is 2.19. The molecule has 1 N–H and O–H groups in total. The number of hydrogen-bond acceptors (Lipinski definition) is 1. The van der Waals surface area contributed by atoms with Gasteiger partial charge in [-0.1, -0.05) is 13.8 Å². The van der Waals surface area contributed by atoms with Crippen molar-refractivity contribution in [1.29, 1.82) is 0 Å². The topological polar surface area (TPSA) is 12.0 Å². The Labute approximate surface area is 105 Å². The summed E-state index contributed by atoms with van der Waals surface area (Å²) in [6, 6.07) is 3.99. The molecule has 0 saturated carbocycles. The van der Waals surface area contributed by atoms with Crippen molar-refractivity contribution in [2.24, 2.45) is 5.92 Å². The first-order valence-corrected chi connectivity index (χ1v) is 6.60. The van der Waals surface area contributed by atoms with E-state index in [1.54, 1.807) is 6.07 Å². The third-order valence-corrected chi connectivity index (χ3v) is 3.63. The van der Waals surface area contributed by atoms with Gasteiger partial charge in [-0.2, -0.15) is 0 Å². The van der Waals surface area contributed by atoms with Crippen LogP contribution in [0.1, 0.15) is 32.3 Å². The van der Waals surface area contributed by atoms with Gasteiger partial charge in [0.15, 0.2) is 0 Å². The number of fused-ring (bicyclic) bond motifs is 1. The van der Waals surface area contributed by atoms with Crippen LogP contribution in [0.2, 0.25) is 0 Å². The van der Waals surface area contributed by atoms with Crippen molar-refractivity contribution in [1.82, 2.24) is 0 Å². The van der Waals surface area contributed by atoms with Crippen LogP contribution in [0.25, 0.3) is 0 Å². The van der Waals surface area contributed by atoms with E-state index in [1.807, 2.05) is 6.07 Å². The molecule has 2 rings (SSSR count). The number of anilines is 1. The van der Waals surface area contributed by atoms with Crippen molar-refractivity contribution in [3.63, 3.8) is 0 Å². The average Bonchev–Trinajstić information content (AvgIpc) is 2.19. The number of rotatable bonds is 2. The lowest BCUT2D eigenvalue weighted by atomic mass is 9.93. The maximum atomic E-state index is 13.4. The molecule has 88 valence electrons. The molecule has 1 nitrogen and oxygen atoms in total. The molecule has 1 atom stereocenters. The van der Waals surface area contributed by atoms with Crippen LogP contribution in [0.4, 0.5) is 10.1 Å². The van der Waals surface area contributed by atoms with Gasteiger partial charge in [-0.25, -0.2) is 4.39 Å². The molecule has 0 aromatic heterocycles. The summed E-state index contributed by atoms with van der Waals surface area (Å²) in [4.78, 5) is 0. The first kappa shape index (κ1) is 11.9. The van der Waals surface area contributed by atoms with Gasteiger partial charge >= 0.3 is 0 Å². The molecule has 1 unspecified atom stereocenters. The van der Waals surface area contributed by atoms with Crippen molar-refractivity contribution in [2.75, 3.05) is 5.32 Å². The van der Waals surface area contributed by atoms with E-state index >= 15 is 0 Å². The van der Waals surface area contributed by atoms with Gasteiger partial charge in [0.2, 0.25) is 0 Å².